The first-order valence-electron chi connectivity index (χ1n) is 9.62. The molecule has 132 valence electrons. The van der Waals surface area contributed by atoms with Crippen LogP contribution >= 0.6 is 0 Å². The zero-order valence-corrected chi connectivity index (χ0v) is 15.6. The maximum absolute atomic E-state index is 4.02. The van der Waals surface area contributed by atoms with Crippen molar-refractivity contribution in [2.24, 2.45) is 11.3 Å². The second-order valence-electron chi connectivity index (χ2n) is 8.95. The summed E-state index contributed by atoms with van der Waals surface area (Å²) in [6, 6.07) is 22.5. The normalized spacial score (nSPS) is 28.5. The van der Waals surface area contributed by atoms with Gasteiger partial charge in [-0.25, -0.2) is 0 Å². The number of rotatable bonds is 2. The minimum absolute atomic E-state index is 0.0684. The van der Waals surface area contributed by atoms with Crippen LogP contribution < -0.4 is 10.6 Å². The van der Waals surface area contributed by atoms with E-state index < -0.39 is 0 Å². The van der Waals surface area contributed by atoms with Crippen molar-refractivity contribution < 1.29 is 0 Å². The van der Waals surface area contributed by atoms with Crippen molar-refractivity contribution in [2.75, 3.05) is 0 Å². The van der Waals surface area contributed by atoms with Crippen LogP contribution in [0.3, 0.4) is 0 Å². The molecule has 2 aliphatic rings. The van der Waals surface area contributed by atoms with Gasteiger partial charge in [-0.05, 0) is 41.7 Å². The maximum Gasteiger partial charge on any atom is 0.0700 e. The van der Waals surface area contributed by atoms with Crippen LogP contribution in [0.5, 0.6) is 0 Å². The van der Waals surface area contributed by atoms with E-state index in [1.807, 2.05) is 0 Å². The Morgan fingerprint density at radius 2 is 1.28 bits per heavy atom. The molecule has 1 aliphatic carbocycles. The Balaban J connectivity index is 1.66. The molecule has 2 nitrogen and oxygen atoms in total. The molecule has 1 saturated heterocycles. The molecule has 0 radical (unpaired) electrons. The van der Waals surface area contributed by atoms with E-state index in [0.29, 0.717) is 17.5 Å². The van der Waals surface area contributed by atoms with Gasteiger partial charge in [-0.1, -0.05) is 81.4 Å². The van der Waals surface area contributed by atoms with E-state index in [4.69, 9.17) is 0 Å². The van der Waals surface area contributed by atoms with Gasteiger partial charge in [-0.2, -0.15) is 0 Å². The SMILES string of the molecule is CC(C)(C)[C@H]1CCC2(C1)N[C@H](c1ccccc1)[C@@H](c1ccccc1)N2. The lowest BCUT2D eigenvalue weighted by Crippen LogP contribution is -2.47. The number of nitrogens with one attached hydrogen (secondary N) is 2. The topological polar surface area (TPSA) is 24.1 Å². The van der Waals surface area contributed by atoms with Crippen LogP contribution in [0.15, 0.2) is 60.7 Å². The molecule has 0 unspecified atom stereocenters. The standard InChI is InChI=1S/C23H30N2/c1-22(2,3)19-14-15-23(16-19)24-20(17-10-6-4-7-11-17)21(25-23)18-12-8-5-9-13-18/h4-13,19-21,24-25H,14-16H2,1-3H3/t19-,20+,21+/m0/s1. The number of hydrogen-bond donors (Lipinski definition) is 2. The molecule has 1 spiro atoms. The van der Waals surface area contributed by atoms with Gasteiger partial charge in [0.2, 0.25) is 0 Å². The molecule has 2 heteroatoms. The molecule has 3 atom stereocenters. The lowest BCUT2D eigenvalue weighted by molar-refractivity contribution is 0.218. The van der Waals surface area contributed by atoms with Crippen LogP contribution in [0, 0.1) is 11.3 Å². The fourth-order valence-corrected chi connectivity index (χ4v) is 4.72. The zero-order valence-electron chi connectivity index (χ0n) is 15.6. The van der Waals surface area contributed by atoms with Gasteiger partial charge in [0.25, 0.3) is 0 Å². The van der Waals surface area contributed by atoms with Crippen molar-refractivity contribution in [3.8, 4) is 0 Å². The first-order valence-corrected chi connectivity index (χ1v) is 9.62. The summed E-state index contributed by atoms with van der Waals surface area (Å²) in [6.45, 7) is 7.15. The maximum atomic E-state index is 4.02. The molecular weight excluding hydrogens is 304 g/mol. The summed E-state index contributed by atoms with van der Waals surface area (Å²) in [5.74, 6) is 0.762. The van der Waals surface area contributed by atoms with Crippen molar-refractivity contribution in [3.63, 3.8) is 0 Å². The van der Waals surface area contributed by atoms with Gasteiger partial charge in [0.05, 0.1) is 17.7 Å². The molecule has 2 fully saturated rings. The molecule has 0 aromatic heterocycles. The molecular formula is C23H30N2. The Kier molecular flexibility index (Phi) is 4.21. The minimum Gasteiger partial charge on any atom is -0.290 e. The van der Waals surface area contributed by atoms with E-state index in [1.165, 1.54) is 30.4 Å². The second kappa shape index (κ2) is 6.26. The highest BCUT2D eigenvalue weighted by Crippen LogP contribution is 2.49. The van der Waals surface area contributed by atoms with E-state index in [9.17, 15) is 0 Å². The molecule has 25 heavy (non-hydrogen) atoms. The molecule has 1 heterocycles. The lowest BCUT2D eigenvalue weighted by Gasteiger charge is -2.30. The van der Waals surface area contributed by atoms with Gasteiger partial charge >= 0.3 is 0 Å². The number of hydrogen-bond acceptors (Lipinski definition) is 2. The highest BCUT2D eigenvalue weighted by molar-refractivity contribution is 5.31. The molecule has 0 bridgehead atoms. The van der Waals surface area contributed by atoms with E-state index in [0.717, 1.165) is 5.92 Å². The quantitative estimate of drug-likeness (QED) is 0.788. The minimum atomic E-state index is 0.0684. The van der Waals surface area contributed by atoms with Crippen LogP contribution in [0.25, 0.3) is 0 Å². The molecule has 4 rings (SSSR count). The summed E-state index contributed by atoms with van der Waals surface area (Å²) in [7, 11) is 0. The van der Waals surface area contributed by atoms with Crippen molar-refractivity contribution >= 4 is 0 Å². The van der Waals surface area contributed by atoms with Crippen molar-refractivity contribution in [2.45, 2.75) is 57.8 Å². The van der Waals surface area contributed by atoms with Gasteiger partial charge in [-0.15, -0.1) is 0 Å². The first-order chi connectivity index (χ1) is 12.0. The monoisotopic (exact) mass is 334 g/mol. The summed E-state index contributed by atoms with van der Waals surface area (Å²) in [5.41, 5.74) is 3.19. The van der Waals surface area contributed by atoms with Gasteiger partial charge in [-0.3, -0.25) is 10.6 Å². The van der Waals surface area contributed by atoms with Crippen LogP contribution in [-0.2, 0) is 0 Å². The molecule has 0 amide bonds. The smallest absolute Gasteiger partial charge is 0.0700 e. The summed E-state index contributed by atoms with van der Waals surface area (Å²) in [5, 5.41) is 8.04. The summed E-state index contributed by atoms with van der Waals surface area (Å²) in [4.78, 5) is 0. The average molecular weight is 335 g/mol. The average Bonchev–Trinajstić information content (AvgIpc) is 3.21. The van der Waals surface area contributed by atoms with Crippen LogP contribution in [-0.4, -0.2) is 5.66 Å². The molecule has 2 aromatic carbocycles. The molecule has 2 N–H and O–H groups in total. The van der Waals surface area contributed by atoms with E-state index in [-0.39, 0.29) is 5.66 Å². The van der Waals surface area contributed by atoms with Gasteiger partial charge in [0.15, 0.2) is 0 Å². The van der Waals surface area contributed by atoms with Gasteiger partial charge in [0.1, 0.15) is 0 Å². The largest absolute Gasteiger partial charge is 0.290 e. The van der Waals surface area contributed by atoms with E-state index >= 15 is 0 Å². The number of benzene rings is 2. The molecule has 2 aromatic rings. The summed E-state index contributed by atoms with van der Waals surface area (Å²) in [6.07, 6.45) is 3.72. The van der Waals surface area contributed by atoms with Crippen molar-refractivity contribution in [3.05, 3.63) is 71.8 Å². The van der Waals surface area contributed by atoms with Crippen molar-refractivity contribution in [1.82, 2.24) is 10.6 Å². The van der Waals surface area contributed by atoms with Crippen molar-refractivity contribution in [1.29, 1.82) is 0 Å². The van der Waals surface area contributed by atoms with Crippen LogP contribution in [0.2, 0.25) is 0 Å². The van der Waals surface area contributed by atoms with E-state index in [2.05, 4.69) is 92.1 Å². The Labute approximate surface area is 152 Å². The predicted molar refractivity (Wildman–Crippen MR) is 104 cm³/mol. The second-order valence-corrected chi connectivity index (χ2v) is 8.95. The lowest BCUT2D eigenvalue weighted by atomic mass is 9.79. The fraction of sp³-hybridized carbons (Fsp3) is 0.478. The fourth-order valence-electron chi connectivity index (χ4n) is 4.72. The van der Waals surface area contributed by atoms with E-state index in [1.54, 1.807) is 0 Å². The Bertz CT molecular complexity index is 654. The molecule has 1 saturated carbocycles. The Morgan fingerprint density at radius 3 is 1.68 bits per heavy atom. The third-order valence-electron chi connectivity index (χ3n) is 6.25. The Morgan fingerprint density at radius 1 is 0.800 bits per heavy atom. The first kappa shape index (κ1) is 16.8. The zero-order chi connectivity index (χ0) is 17.5. The third-order valence-corrected chi connectivity index (χ3v) is 6.25. The highest BCUT2D eigenvalue weighted by Gasteiger charge is 2.50. The van der Waals surface area contributed by atoms with Crippen LogP contribution in [0.1, 0.15) is 63.2 Å². The third kappa shape index (κ3) is 3.26. The molecule has 1 aliphatic heterocycles. The summed E-state index contributed by atoms with van der Waals surface area (Å²) >= 11 is 0. The summed E-state index contributed by atoms with van der Waals surface area (Å²) < 4.78 is 0. The predicted octanol–water partition coefficient (Wildman–Crippen LogP) is 5.20. The highest BCUT2D eigenvalue weighted by atomic mass is 15.3. The van der Waals surface area contributed by atoms with Crippen LogP contribution in [0.4, 0.5) is 0 Å². The Hall–Kier alpha value is -1.64. The van der Waals surface area contributed by atoms with Gasteiger partial charge in [0, 0.05) is 0 Å². The van der Waals surface area contributed by atoms with Gasteiger partial charge < -0.3 is 0 Å².